The van der Waals surface area contributed by atoms with Gasteiger partial charge < -0.3 is 25.4 Å². The summed E-state index contributed by atoms with van der Waals surface area (Å²) < 4.78 is 11.0. The average molecular weight is 552 g/mol. The van der Waals surface area contributed by atoms with Crippen LogP contribution in [0.25, 0.3) is 0 Å². The number of para-hydroxylation sites is 1. The number of benzene rings is 2. The molecule has 0 fully saturated rings. The van der Waals surface area contributed by atoms with Gasteiger partial charge >= 0.3 is 0 Å². The molecular weight excluding hydrogens is 519 g/mol. The van der Waals surface area contributed by atoms with Crippen LogP contribution in [0.4, 0.5) is 5.69 Å². The Morgan fingerprint density at radius 3 is 2.75 bits per heavy atom. The lowest BCUT2D eigenvalue weighted by Crippen LogP contribution is -2.41. The minimum Gasteiger partial charge on any atom is -0.493 e. The summed E-state index contributed by atoms with van der Waals surface area (Å²) in [6.07, 6.45) is 2.35. The summed E-state index contributed by atoms with van der Waals surface area (Å²) >= 11 is 0. The van der Waals surface area contributed by atoms with Crippen LogP contribution >= 0.6 is 24.0 Å². The highest BCUT2D eigenvalue weighted by molar-refractivity contribution is 14.0. The van der Waals surface area contributed by atoms with Gasteiger partial charge in [-0.3, -0.25) is 9.79 Å². The second kappa shape index (κ2) is 13.1. The van der Waals surface area contributed by atoms with E-state index >= 15 is 0 Å². The molecule has 3 N–H and O–H groups in total. The van der Waals surface area contributed by atoms with Crippen molar-refractivity contribution in [2.24, 2.45) is 4.99 Å². The van der Waals surface area contributed by atoms with Crippen LogP contribution in [0.1, 0.15) is 36.8 Å². The van der Waals surface area contributed by atoms with Gasteiger partial charge in [-0.2, -0.15) is 0 Å². The largest absolute Gasteiger partial charge is 0.493 e. The molecule has 0 saturated heterocycles. The summed E-state index contributed by atoms with van der Waals surface area (Å²) in [7, 11) is 3.41. The van der Waals surface area contributed by atoms with Crippen molar-refractivity contribution in [1.29, 1.82) is 0 Å². The third kappa shape index (κ3) is 7.01. The molecule has 0 spiro atoms. The molecule has 1 unspecified atom stereocenters. The van der Waals surface area contributed by atoms with Gasteiger partial charge in [0.25, 0.3) is 0 Å². The number of hydrogen-bond acceptors (Lipinski definition) is 4. The highest BCUT2D eigenvalue weighted by Gasteiger charge is 2.24. The Morgan fingerprint density at radius 1 is 1.19 bits per heavy atom. The summed E-state index contributed by atoms with van der Waals surface area (Å²) in [5.41, 5.74) is 3.27. The van der Waals surface area contributed by atoms with Gasteiger partial charge in [-0.25, -0.2) is 0 Å². The fourth-order valence-corrected chi connectivity index (χ4v) is 3.77. The topological polar surface area (TPSA) is 84.0 Å². The van der Waals surface area contributed by atoms with E-state index in [4.69, 9.17) is 9.47 Å². The molecular formula is C24H33IN4O3. The highest BCUT2D eigenvalue weighted by atomic mass is 127. The lowest BCUT2D eigenvalue weighted by atomic mass is 9.90. The minimum atomic E-state index is 0. The molecule has 174 valence electrons. The number of aliphatic imine (C=N–C) groups is 1. The summed E-state index contributed by atoms with van der Waals surface area (Å²) in [6, 6.07) is 14.0. The van der Waals surface area contributed by atoms with Gasteiger partial charge in [0.15, 0.2) is 17.5 Å². The smallest absolute Gasteiger partial charge is 0.225 e. The number of rotatable bonds is 9. The van der Waals surface area contributed by atoms with Crippen molar-refractivity contribution in [1.82, 2.24) is 10.6 Å². The van der Waals surface area contributed by atoms with Crippen LogP contribution in [0, 0.1) is 0 Å². The number of halogens is 1. The number of anilines is 1. The van der Waals surface area contributed by atoms with Crippen molar-refractivity contribution in [2.75, 3.05) is 39.2 Å². The van der Waals surface area contributed by atoms with Gasteiger partial charge in [-0.05, 0) is 49.1 Å². The van der Waals surface area contributed by atoms with Crippen LogP contribution in [0.5, 0.6) is 11.5 Å². The summed E-state index contributed by atoms with van der Waals surface area (Å²) in [4.78, 5) is 16.3. The maximum absolute atomic E-state index is 12.0. The fraction of sp³-hybridized carbons (Fsp3) is 0.417. The molecule has 0 saturated carbocycles. The second-order valence-corrected chi connectivity index (χ2v) is 7.44. The first kappa shape index (κ1) is 25.8. The number of methoxy groups -OCH3 is 1. The van der Waals surface area contributed by atoms with Crippen molar-refractivity contribution < 1.29 is 14.3 Å². The molecule has 1 heterocycles. The third-order valence-electron chi connectivity index (χ3n) is 5.31. The van der Waals surface area contributed by atoms with Crippen LogP contribution < -0.4 is 25.4 Å². The number of nitrogens with one attached hydrogen (secondary N) is 3. The Bertz CT molecular complexity index is 920. The zero-order valence-electron chi connectivity index (χ0n) is 18.9. The number of fused-ring (bicyclic) bond motifs is 1. The number of hydrogen-bond donors (Lipinski definition) is 3. The molecule has 2 aromatic carbocycles. The molecule has 0 radical (unpaired) electrons. The Labute approximate surface area is 207 Å². The van der Waals surface area contributed by atoms with E-state index in [1.54, 1.807) is 14.2 Å². The van der Waals surface area contributed by atoms with Crippen molar-refractivity contribution in [3.63, 3.8) is 0 Å². The standard InChI is InChI=1S/C24H32N4O3.HI/c1-4-31-22-14-17(11-12-21(22)30-3)8-7-13-26-24(25-2)27-16-18-15-23(29)28-20-10-6-5-9-19(18)20;/h5-6,9-12,14,18H,4,7-8,13,15-16H2,1-3H3,(H,28,29)(H2,25,26,27);1H. The minimum absolute atomic E-state index is 0. The zero-order chi connectivity index (χ0) is 22.1. The van der Waals surface area contributed by atoms with Crippen LogP contribution in [0.3, 0.4) is 0 Å². The van der Waals surface area contributed by atoms with Crippen molar-refractivity contribution in [3.05, 3.63) is 53.6 Å². The van der Waals surface area contributed by atoms with Crippen LogP contribution in [0.15, 0.2) is 47.5 Å². The average Bonchev–Trinajstić information content (AvgIpc) is 2.78. The quantitative estimate of drug-likeness (QED) is 0.190. The van der Waals surface area contributed by atoms with Gasteiger partial charge in [0.1, 0.15) is 0 Å². The SMILES string of the molecule is CCOc1cc(CCCNC(=NC)NCC2CC(=O)Nc3ccccc32)ccc1OC.I. The maximum atomic E-state index is 12.0. The number of guanidine groups is 1. The van der Waals surface area contributed by atoms with Crippen LogP contribution in [-0.4, -0.2) is 45.7 Å². The molecule has 0 aliphatic carbocycles. The zero-order valence-corrected chi connectivity index (χ0v) is 21.3. The Kier molecular flexibility index (Phi) is 10.6. The molecule has 7 nitrogen and oxygen atoms in total. The van der Waals surface area contributed by atoms with Crippen molar-refractivity contribution in [3.8, 4) is 11.5 Å². The third-order valence-corrected chi connectivity index (χ3v) is 5.31. The van der Waals surface area contributed by atoms with E-state index in [1.165, 1.54) is 5.56 Å². The van der Waals surface area contributed by atoms with E-state index in [0.717, 1.165) is 48.1 Å². The van der Waals surface area contributed by atoms with Gasteiger partial charge in [-0.15, -0.1) is 24.0 Å². The molecule has 32 heavy (non-hydrogen) atoms. The molecule has 2 aromatic rings. The van der Waals surface area contributed by atoms with E-state index in [1.807, 2.05) is 37.3 Å². The number of carbonyl (C=O) groups is 1. The normalized spacial score (nSPS) is 15.2. The van der Waals surface area contributed by atoms with Gasteiger partial charge in [0.05, 0.1) is 13.7 Å². The first-order valence-electron chi connectivity index (χ1n) is 10.8. The number of ether oxygens (including phenoxy) is 2. The van der Waals surface area contributed by atoms with Crippen LogP contribution in [-0.2, 0) is 11.2 Å². The molecule has 8 heteroatoms. The predicted octanol–water partition coefficient (Wildman–Crippen LogP) is 3.94. The van der Waals surface area contributed by atoms with Gasteiger partial charge in [-0.1, -0.05) is 24.3 Å². The summed E-state index contributed by atoms with van der Waals surface area (Å²) in [5.74, 6) is 2.46. The van der Waals surface area contributed by atoms with Crippen molar-refractivity contribution >= 4 is 41.5 Å². The Morgan fingerprint density at radius 2 is 2.00 bits per heavy atom. The first-order valence-corrected chi connectivity index (χ1v) is 10.8. The van der Waals surface area contributed by atoms with Crippen molar-refractivity contribution in [2.45, 2.75) is 32.1 Å². The van der Waals surface area contributed by atoms with Gasteiger partial charge in [0, 0.05) is 38.2 Å². The summed E-state index contributed by atoms with van der Waals surface area (Å²) in [5, 5.41) is 9.66. The maximum Gasteiger partial charge on any atom is 0.225 e. The first-order chi connectivity index (χ1) is 15.1. The summed E-state index contributed by atoms with van der Waals surface area (Å²) in [6.45, 7) is 4.02. The molecule has 1 amide bonds. The molecule has 3 rings (SSSR count). The monoisotopic (exact) mass is 552 g/mol. The number of nitrogens with zero attached hydrogens (tertiary/aromatic N) is 1. The lowest BCUT2D eigenvalue weighted by Gasteiger charge is -2.26. The second-order valence-electron chi connectivity index (χ2n) is 7.44. The molecule has 1 aliphatic heterocycles. The Balaban J connectivity index is 0.00000363. The number of aryl methyl sites for hydroxylation is 1. The van der Waals surface area contributed by atoms with Crippen LogP contribution in [0.2, 0.25) is 0 Å². The van der Waals surface area contributed by atoms with E-state index in [9.17, 15) is 4.79 Å². The number of amides is 1. The van der Waals surface area contributed by atoms with E-state index in [2.05, 4.69) is 33.1 Å². The molecule has 0 aromatic heterocycles. The fourth-order valence-electron chi connectivity index (χ4n) is 3.77. The van der Waals surface area contributed by atoms with E-state index in [-0.39, 0.29) is 35.8 Å². The molecule has 0 bridgehead atoms. The lowest BCUT2D eigenvalue weighted by molar-refractivity contribution is -0.116. The highest BCUT2D eigenvalue weighted by Crippen LogP contribution is 2.31. The van der Waals surface area contributed by atoms with E-state index < -0.39 is 0 Å². The van der Waals surface area contributed by atoms with E-state index in [0.29, 0.717) is 19.6 Å². The molecule has 1 atom stereocenters. The molecule has 1 aliphatic rings. The predicted molar refractivity (Wildman–Crippen MR) is 140 cm³/mol. The Hall–Kier alpha value is -2.49. The number of carbonyl (C=O) groups excluding carboxylic acids is 1. The van der Waals surface area contributed by atoms with Gasteiger partial charge in [0.2, 0.25) is 5.91 Å².